The van der Waals surface area contributed by atoms with Gasteiger partial charge < -0.3 is 4.74 Å². The zero-order valence-electron chi connectivity index (χ0n) is 6.97. The molecule has 0 saturated carbocycles. The molecule has 0 spiro atoms. The lowest BCUT2D eigenvalue weighted by molar-refractivity contribution is 0.193. The lowest BCUT2D eigenvalue weighted by atomic mass is 10.1. The van der Waals surface area contributed by atoms with Crippen molar-refractivity contribution in [3.63, 3.8) is 0 Å². The van der Waals surface area contributed by atoms with Gasteiger partial charge in [0.15, 0.2) is 0 Å². The van der Waals surface area contributed by atoms with Gasteiger partial charge in [-0.25, -0.2) is 0 Å². The minimum Gasteiger partial charge on any atom is -0.494 e. The van der Waals surface area contributed by atoms with Gasteiger partial charge in [0.25, 0.3) is 0 Å². The first-order valence-electron chi connectivity index (χ1n) is 3.99. The van der Waals surface area contributed by atoms with E-state index in [0.29, 0.717) is 0 Å². The first-order chi connectivity index (χ1) is 5.38. The summed E-state index contributed by atoms with van der Waals surface area (Å²) in [4.78, 5) is 0. The molecule has 0 unspecified atom stereocenters. The predicted molar refractivity (Wildman–Crippen MR) is 47.2 cm³/mol. The van der Waals surface area contributed by atoms with Crippen LogP contribution >= 0.6 is 0 Å². The van der Waals surface area contributed by atoms with Crippen LogP contribution in [0.1, 0.15) is 19.8 Å². The molecule has 0 amide bonds. The van der Waals surface area contributed by atoms with Crippen LogP contribution in [0.3, 0.4) is 0 Å². The Morgan fingerprint density at radius 3 is 3.00 bits per heavy atom. The second-order valence-electron chi connectivity index (χ2n) is 2.53. The molecule has 0 aromatic carbocycles. The number of hydrogen-bond acceptors (Lipinski definition) is 1. The molecule has 1 aliphatic heterocycles. The summed E-state index contributed by atoms with van der Waals surface area (Å²) in [6.45, 7) is 6.52. The zero-order chi connectivity index (χ0) is 8.10. The van der Waals surface area contributed by atoms with Crippen LogP contribution in [0.25, 0.3) is 0 Å². The van der Waals surface area contributed by atoms with Gasteiger partial charge in [0, 0.05) is 0 Å². The Balaban J connectivity index is 2.74. The molecule has 1 fully saturated rings. The lowest BCUT2D eigenvalue weighted by Gasteiger charge is -2.18. The lowest BCUT2D eigenvalue weighted by Crippen LogP contribution is -2.05. The van der Waals surface area contributed by atoms with Gasteiger partial charge in [-0.1, -0.05) is 18.7 Å². The molecule has 1 heterocycles. The van der Waals surface area contributed by atoms with Crippen LogP contribution in [-0.2, 0) is 4.74 Å². The second kappa shape index (κ2) is 4.02. The quantitative estimate of drug-likeness (QED) is 0.558. The van der Waals surface area contributed by atoms with Gasteiger partial charge in [0.2, 0.25) is 0 Å². The summed E-state index contributed by atoms with van der Waals surface area (Å²) in [6.07, 6.45) is 8.08. The van der Waals surface area contributed by atoms with Crippen molar-refractivity contribution < 1.29 is 4.74 Å². The number of rotatable bonds is 1. The van der Waals surface area contributed by atoms with E-state index < -0.39 is 0 Å². The van der Waals surface area contributed by atoms with Gasteiger partial charge in [0.05, 0.1) is 6.61 Å². The summed E-state index contributed by atoms with van der Waals surface area (Å²) in [5.41, 5.74) is 1.27. The molecule has 0 aromatic rings. The van der Waals surface area contributed by atoms with Crippen molar-refractivity contribution in [2.45, 2.75) is 19.8 Å². The highest BCUT2D eigenvalue weighted by atomic mass is 16.5. The normalized spacial score (nSPS) is 25.2. The highest BCUT2D eigenvalue weighted by molar-refractivity contribution is 5.29. The van der Waals surface area contributed by atoms with Gasteiger partial charge >= 0.3 is 0 Å². The first-order valence-corrected chi connectivity index (χ1v) is 3.99. The van der Waals surface area contributed by atoms with Crippen LogP contribution < -0.4 is 0 Å². The molecule has 1 saturated heterocycles. The smallest absolute Gasteiger partial charge is 0.118 e. The number of hydrogen-bond donors (Lipinski definition) is 0. The minimum atomic E-state index is 0.855. The van der Waals surface area contributed by atoms with Crippen molar-refractivity contribution in [3.8, 4) is 0 Å². The van der Waals surface area contributed by atoms with Crippen LogP contribution in [0, 0.1) is 0 Å². The number of ether oxygens (including phenoxy) is 1. The molecule has 60 valence electrons. The van der Waals surface area contributed by atoms with E-state index in [0.717, 1.165) is 25.2 Å². The topological polar surface area (TPSA) is 9.23 Å². The van der Waals surface area contributed by atoms with E-state index in [1.807, 2.05) is 25.2 Å². The molecule has 0 atom stereocenters. The molecule has 0 bridgehead atoms. The molecule has 0 aromatic heterocycles. The average Bonchev–Trinajstić information content (AvgIpc) is 2.06. The fraction of sp³-hybridized carbons (Fsp3) is 0.400. The molecule has 0 radical (unpaired) electrons. The van der Waals surface area contributed by atoms with Crippen molar-refractivity contribution >= 4 is 0 Å². The maximum Gasteiger partial charge on any atom is 0.118 e. The Bertz CT molecular complexity index is 199. The van der Waals surface area contributed by atoms with Crippen LogP contribution in [0.4, 0.5) is 0 Å². The summed E-state index contributed by atoms with van der Waals surface area (Å²) in [5.74, 6) is 1.02. The Labute approximate surface area is 68.1 Å². The van der Waals surface area contributed by atoms with Crippen molar-refractivity contribution in [2.75, 3.05) is 6.61 Å². The molecule has 11 heavy (non-hydrogen) atoms. The largest absolute Gasteiger partial charge is 0.494 e. The molecule has 1 heteroatoms. The van der Waals surface area contributed by atoms with E-state index in [9.17, 15) is 0 Å². The maximum absolute atomic E-state index is 5.44. The molecular formula is C10H14O. The zero-order valence-corrected chi connectivity index (χ0v) is 6.97. The molecular weight excluding hydrogens is 136 g/mol. The van der Waals surface area contributed by atoms with E-state index in [-0.39, 0.29) is 0 Å². The van der Waals surface area contributed by atoms with Crippen molar-refractivity contribution in [2.24, 2.45) is 0 Å². The molecule has 0 aliphatic carbocycles. The maximum atomic E-state index is 5.44. The fourth-order valence-electron chi connectivity index (χ4n) is 1.24. The summed E-state index contributed by atoms with van der Waals surface area (Å²) in [7, 11) is 0. The monoisotopic (exact) mass is 150 g/mol. The molecule has 0 N–H and O–H groups in total. The van der Waals surface area contributed by atoms with E-state index >= 15 is 0 Å². The number of allylic oxidation sites excluding steroid dienone is 4. The minimum absolute atomic E-state index is 0.855. The van der Waals surface area contributed by atoms with Crippen LogP contribution in [-0.4, -0.2) is 6.61 Å². The summed E-state index contributed by atoms with van der Waals surface area (Å²) in [5, 5.41) is 0. The van der Waals surface area contributed by atoms with Crippen LogP contribution in [0.15, 0.2) is 36.1 Å². The summed E-state index contributed by atoms with van der Waals surface area (Å²) in [6, 6.07) is 0. The van der Waals surface area contributed by atoms with Gasteiger partial charge in [-0.3, -0.25) is 0 Å². The Morgan fingerprint density at radius 1 is 1.55 bits per heavy atom. The van der Waals surface area contributed by atoms with E-state index in [1.54, 1.807) is 0 Å². The van der Waals surface area contributed by atoms with E-state index in [2.05, 4.69) is 6.58 Å². The fourth-order valence-corrected chi connectivity index (χ4v) is 1.24. The standard InChI is InChI=1S/C10H14O/c1-3-6-9-7-5-8-11-10(9)4-2/h3-4,6H,1,5,7-8H2,2H3/b9-6-,10-4+. The van der Waals surface area contributed by atoms with E-state index in [4.69, 9.17) is 4.74 Å². The van der Waals surface area contributed by atoms with Gasteiger partial charge in [-0.2, -0.15) is 0 Å². The van der Waals surface area contributed by atoms with Crippen LogP contribution in [0.5, 0.6) is 0 Å². The molecule has 1 aliphatic rings. The van der Waals surface area contributed by atoms with Gasteiger partial charge in [-0.05, 0) is 31.4 Å². The van der Waals surface area contributed by atoms with Gasteiger partial charge in [-0.15, -0.1) is 0 Å². The Kier molecular flexibility index (Phi) is 2.96. The molecule has 1 nitrogen and oxygen atoms in total. The highest BCUT2D eigenvalue weighted by Crippen LogP contribution is 2.22. The highest BCUT2D eigenvalue weighted by Gasteiger charge is 2.09. The third-order valence-corrected chi connectivity index (χ3v) is 1.75. The van der Waals surface area contributed by atoms with E-state index in [1.165, 1.54) is 5.57 Å². The Hall–Kier alpha value is -0.980. The molecule has 1 rings (SSSR count). The second-order valence-corrected chi connectivity index (χ2v) is 2.53. The SMILES string of the molecule is C=C/C=C1/CCCO/C1=C/C. The third-order valence-electron chi connectivity index (χ3n) is 1.75. The third kappa shape index (κ3) is 1.97. The van der Waals surface area contributed by atoms with Gasteiger partial charge in [0.1, 0.15) is 5.76 Å². The summed E-state index contributed by atoms with van der Waals surface area (Å²) >= 11 is 0. The average molecular weight is 150 g/mol. The predicted octanol–water partition coefficient (Wildman–Crippen LogP) is 2.81. The van der Waals surface area contributed by atoms with Crippen molar-refractivity contribution in [3.05, 3.63) is 36.1 Å². The Morgan fingerprint density at radius 2 is 2.36 bits per heavy atom. The van der Waals surface area contributed by atoms with Crippen LogP contribution in [0.2, 0.25) is 0 Å². The summed E-state index contributed by atoms with van der Waals surface area (Å²) < 4.78 is 5.44. The van der Waals surface area contributed by atoms with Crippen molar-refractivity contribution in [1.82, 2.24) is 0 Å². The van der Waals surface area contributed by atoms with Crippen molar-refractivity contribution in [1.29, 1.82) is 0 Å². The first kappa shape index (κ1) is 8.12.